The zero-order chi connectivity index (χ0) is 10.3. The van der Waals surface area contributed by atoms with Crippen molar-refractivity contribution in [3.05, 3.63) is 0 Å². The van der Waals surface area contributed by atoms with Crippen LogP contribution in [0.25, 0.3) is 0 Å². The normalized spacial score (nSPS) is 9.93. The van der Waals surface area contributed by atoms with Gasteiger partial charge >= 0.3 is 75.5 Å². The van der Waals surface area contributed by atoms with E-state index in [2.05, 4.69) is 8.37 Å². The molecule has 0 atom stereocenters. The molecule has 0 amide bonds. The summed E-state index contributed by atoms with van der Waals surface area (Å²) in [4.78, 5) is 9.89. The summed E-state index contributed by atoms with van der Waals surface area (Å²) in [6.45, 7) is -1.42. The first-order valence-corrected chi connectivity index (χ1v) is 4.67. The van der Waals surface area contributed by atoms with Gasteiger partial charge in [0.15, 0.2) is 6.61 Å². The van der Waals surface area contributed by atoms with E-state index in [-0.39, 0.29) is 81.6 Å². The van der Waals surface area contributed by atoms with Gasteiger partial charge in [0.1, 0.15) is 0 Å². The van der Waals surface area contributed by atoms with E-state index < -0.39 is 23.0 Å². The van der Waals surface area contributed by atoms with Crippen molar-refractivity contribution in [3.63, 3.8) is 0 Å². The predicted octanol–water partition coefficient (Wildman–Crippen LogP) is -7.04. The Labute approximate surface area is 135 Å². The van der Waals surface area contributed by atoms with Gasteiger partial charge in [-0.25, -0.2) is 13.2 Å². The number of carbonyl (C=O) groups is 1. The molecule has 0 aromatic carbocycles. The van der Waals surface area contributed by atoms with E-state index in [1.54, 1.807) is 0 Å². The van der Waals surface area contributed by atoms with E-state index in [0.29, 0.717) is 0 Å². The molecule has 0 radical (unpaired) electrons. The minimum absolute atomic E-state index is 0. The van der Waals surface area contributed by atoms with Crippen LogP contribution in [0, 0.1) is 0 Å². The molecule has 0 unspecified atom stereocenters. The summed E-state index contributed by atoms with van der Waals surface area (Å²) >= 11 is 0. The molecule has 0 aliphatic carbocycles. The molecule has 0 rings (SSSR count). The third kappa shape index (κ3) is 15.3. The molecule has 10 heteroatoms. The van der Waals surface area contributed by atoms with Crippen molar-refractivity contribution in [1.29, 1.82) is 0 Å². The summed E-state index contributed by atoms with van der Waals surface area (Å²) in [5.41, 5.74) is 0. The van der Waals surface area contributed by atoms with Crippen LogP contribution in [0.4, 0.5) is 0 Å². The number of aliphatic hydroxyl groups excluding tert-OH is 1. The van der Waals surface area contributed by atoms with Gasteiger partial charge in [0.2, 0.25) is 0 Å². The van der Waals surface area contributed by atoms with Crippen LogP contribution in [-0.4, -0.2) is 44.4 Å². The van der Waals surface area contributed by atoms with Gasteiger partial charge in [-0.05, 0) is 6.42 Å². The average Bonchev–Trinajstić information content (AvgIpc) is 2.02. The second kappa shape index (κ2) is 11.8. The fourth-order valence-corrected chi connectivity index (χ4v) is 1.02. The first kappa shape index (κ1) is 21.6. The Hall–Kier alpha value is 1.30. The van der Waals surface area contributed by atoms with E-state index in [0.717, 1.165) is 0 Å². The van der Waals surface area contributed by atoms with Crippen molar-refractivity contribution in [2.75, 3.05) is 19.8 Å². The van der Waals surface area contributed by atoms with Crippen molar-refractivity contribution < 1.29 is 93.8 Å². The van der Waals surface area contributed by atoms with Gasteiger partial charge in [-0.15, -0.1) is 0 Å². The van der Waals surface area contributed by atoms with E-state index in [1.807, 2.05) is 0 Å². The molecule has 0 aliphatic rings. The van der Waals surface area contributed by atoms with Crippen LogP contribution in [0.3, 0.4) is 0 Å². The number of hydrogen-bond acceptors (Lipinski definition) is 6. The third-order valence-electron chi connectivity index (χ3n) is 0.857. The number of aliphatic carboxylic acids is 1. The van der Waals surface area contributed by atoms with Crippen LogP contribution in [0.15, 0.2) is 0 Å². The smallest absolute Gasteiger partial charge is 1.00 e. The van der Waals surface area contributed by atoms with E-state index in [4.69, 9.17) is 10.2 Å². The number of aliphatic hydroxyl groups is 1. The van der Waals surface area contributed by atoms with Gasteiger partial charge < -0.3 is 13.1 Å². The Morgan fingerprint density at radius 2 is 1.80 bits per heavy atom. The molecule has 0 aromatic heterocycles. The van der Waals surface area contributed by atoms with Gasteiger partial charge in [0.25, 0.3) is 0 Å². The summed E-state index contributed by atoms with van der Waals surface area (Å²) in [7, 11) is -4.24. The summed E-state index contributed by atoms with van der Waals surface area (Å²) in [5, 5.41) is 16.3. The minimum Gasteiger partial charge on any atom is -1.00 e. The van der Waals surface area contributed by atoms with Crippen molar-refractivity contribution in [1.82, 2.24) is 0 Å². The maximum absolute atomic E-state index is 10.6. The van der Waals surface area contributed by atoms with Crippen LogP contribution in [0.2, 0.25) is 0 Å². The molecule has 0 heterocycles. The van der Waals surface area contributed by atoms with Gasteiger partial charge in [-0.2, -0.15) is 8.42 Å². The van der Waals surface area contributed by atoms with Crippen molar-refractivity contribution in [2.24, 2.45) is 0 Å². The van der Waals surface area contributed by atoms with E-state index in [9.17, 15) is 13.2 Å². The van der Waals surface area contributed by atoms with Gasteiger partial charge in [0, 0.05) is 6.61 Å². The molecule has 7 nitrogen and oxygen atoms in total. The zero-order valence-corrected chi connectivity index (χ0v) is 13.5. The molecule has 2 N–H and O–H groups in total. The third-order valence-corrected chi connectivity index (χ3v) is 1.72. The van der Waals surface area contributed by atoms with Crippen molar-refractivity contribution in [2.45, 2.75) is 6.42 Å². The number of hydrogen-bond donors (Lipinski definition) is 2. The van der Waals surface area contributed by atoms with Crippen LogP contribution < -0.4 is 59.1 Å². The van der Waals surface area contributed by atoms with Gasteiger partial charge in [-0.3, -0.25) is 0 Å². The molecular weight excluding hydrogens is 250 g/mol. The molecule has 0 saturated carbocycles. The minimum atomic E-state index is -4.24. The molecule has 0 aromatic rings. The molecule has 0 fully saturated rings. The van der Waals surface area contributed by atoms with Crippen LogP contribution in [0.1, 0.15) is 9.27 Å². The Kier molecular flexibility index (Phi) is 16.9. The standard InChI is InChI=1S/C5H10O7S.2Na.2H/c6-2-1-3-11-13(9,10)12-4-5(7)8;;;;/h6H,1-4H2,(H,7,8);;;;/q;2*+1;2*-1. The maximum atomic E-state index is 10.6. The Morgan fingerprint density at radius 3 is 2.20 bits per heavy atom. The molecule has 82 valence electrons. The second-order valence-electron chi connectivity index (χ2n) is 1.96. The summed E-state index contributed by atoms with van der Waals surface area (Å²) in [6, 6.07) is 0. The predicted molar refractivity (Wildman–Crippen MR) is 42.4 cm³/mol. The average molecular weight is 262 g/mol. The number of carboxylic acid groups (broad SMARTS) is 1. The summed E-state index contributed by atoms with van der Waals surface area (Å²) in [5.74, 6) is -1.41. The molecule has 0 spiro atoms. The van der Waals surface area contributed by atoms with E-state index in [1.165, 1.54) is 0 Å². The van der Waals surface area contributed by atoms with E-state index >= 15 is 0 Å². The topological polar surface area (TPSA) is 110 Å². The molecular formula is C5H12Na2O7S. The first-order valence-electron chi connectivity index (χ1n) is 3.34. The fourth-order valence-electron chi connectivity index (χ4n) is 0.382. The monoisotopic (exact) mass is 262 g/mol. The largest absolute Gasteiger partial charge is 1.00 e. The maximum Gasteiger partial charge on any atom is 1.00 e. The van der Waals surface area contributed by atoms with Crippen LogP contribution >= 0.6 is 0 Å². The summed E-state index contributed by atoms with van der Waals surface area (Å²) < 4.78 is 29.3. The second-order valence-corrected chi connectivity index (χ2v) is 3.25. The quantitative estimate of drug-likeness (QED) is 0.346. The van der Waals surface area contributed by atoms with Crippen LogP contribution in [-0.2, 0) is 23.6 Å². The molecule has 0 bridgehead atoms. The van der Waals surface area contributed by atoms with Crippen LogP contribution in [0.5, 0.6) is 0 Å². The van der Waals surface area contributed by atoms with Crippen molar-refractivity contribution in [3.8, 4) is 0 Å². The Balaban J connectivity index is -0.000000120. The van der Waals surface area contributed by atoms with Gasteiger partial charge in [0.05, 0.1) is 6.61 Å². The molecule has 0 saturated heterocycles. The fraction of sp³-hybridized carbons (Fsp3) is 0.800. The first-order chi connectivity index (χ1) is 5.98. The van der Waals surface area contributed by atoms with Gasteiger partial charge in [-0.1, -0.05) is 0 Å². The molecule has 0 aliphatic heterocycles. The SMILES string of the molecule is O=C(O)COS(=O)(=O)OCCCO.[H-].[H-].[Na+].[Na+]. The summed E-state index contributed by atoms with van der Waals surface area (Å²) in [6.07, 6.45) is 0.135. The van der Waals surface area contributed by atoms with Crippen molar-refractivity contribution >= 4 is 16.4 Å². The Bertz CT molecular complexity index is 261. The number of carboxylic acids is 1. The zero-order valence-electron chi connectivity index (χ0n) is 10.7. The Morgan fingerprint density at radius 1 is 1.27 bits per heavy atom. The number of rotatable bonds is 7. The molecule has 15 heavy (non-hydrogen) atoms.